The van der Waals surface area contributed by atoms with Crippen LogP contribution in [0.2, 0.25) is 0 Å². The fourth-order valence-electron chi connectivity index (χ4n) is 3.50. The minimum Gasteiger partial charge on any atom is -0.342 e. The highest BCUT2D eigenvalue weighted by molar-refractivity contribution is 5.95. The summed E-state index contributed by atoms with van der Waals surface area (Å²) in [6.07, 6.45) is 1.23. The first-order valence-electron chi connectivity index (χ1n) is 10.4. The number of para-hydroxylation sites is 1. The van der Waals surface area contributed by atoms with E-state index in [9.17, 15) is 31.9 Å². The third-order valence-corrected chi connectivity index (χ3v) is 5.38. The van der Waals surface area contributed by atoms with Crippen LogP contribution in [0.15, 0.2) is 42.6 Å². The first-order valence-corrected chi connectivity index (χ1v) is 10.4. The van der Waals surface area contributed by atoms with Crippen LogP contribution in [-0.4, -0.2) is 75.2 Å². The summed E-state index contributed by atoms with van der Waals surface area (Å²) < 4.78 is 54.9. The molecule has 1 aromatic heterocycles. The van der Waals surface area contributed by atoms with Crippen molar-refractivity contribution in [2.75, 3.05) is 32.7 Å². The number of halogens is 4. The van der Waals surface area contributed by atoms with Crippen molar-refractivity contribution in [3.63, 3.8) is 0 Å². The number of hydrogen-bond acceptors (Lipinski definition) is 5. The average Bonchev–Trinajstić information content (AvgIpc) is 3.35. The Bertz CT molecular complexity index is 1270. The molecule has 0 radical (unpaired) electrons. The Hall–Kier alpha value is -4.29. The number of nitrogens with zero attached hydrogens (tertiary/aromatic N) is 5. The van der Waals surface area contributed by atoms with Gasteiger partial charge in [0.2, 0.25) is 5.91 Å². The smallest absolute Gasteiger partial charge is 0.273 e. The summed E-state index contributed by atoms with van der Waals surface area (Å²) in [7, 11) is 0. The van der Waals surface area contributed by atoms with Crippen LogP contribution >= 0.6 is 0 Å². The van der Waals surface area contributed by atoms with Crippen molar-refractivity contribution in [2.45, 2.75) is 0 Å². The van der Waals surface area contributed by atoms with E-state index in [4.69, 9.17) is 0 Å². The number of benzene rings is 2. The number of rotatable bonds is 5. The van der Waals surface area contributed by atoms with Crippen molar-refractivity contribution in [3.8, 4) is 5.69 Å². The SMILES string of the molecule is O=C(NCC(=O)N1CCN(C(=O)c2cc(F)c(F)c(F)c2)CC1)c1cn(-c2ccccc2F)nn1. The Labute approximate surface area is 195 Å². The number of carbonyl (C=O) groups excluding carboxylic acids is 3. The number of piperazine rings is 1. The lowest BCUT2D eigenvalue weighted by atomic mass is 10.1. The molecule has 1 aliphatic rings. The zero-order chi connectivity index (χ0) is 25.1. The molecule has 1 saturated heterocycles. The fraction of sp³-hybridized carbons (Fsp3) is 0.227. The number of aromatic nitrogens is 3. The summed E-state index contributed by atoms with van der Waals surface area (Å²) >= 11 is 0. The van der Waals surface area contributed by atoms with Crippen LogP contribution in [0, 0.1) is 23.3 Å². The van der Waals surface area contributed by atoms with Gasteiger partial charge in [0.25, 0.3) is 11.8 Å². The molecule has 1 aliphatic heterocycles. The van der Waals surface area contributed by atoms with Gasteiger partial charge in [-0.1, -0.05) is 17.3 Å². The van der Waals surface area contributed by atoms with Crippen LogP contribution < -0.4 is 5.32 Å². The van der Waals surface area contributed by atoms with E-state index in [2.05, 4.69) is 15.6 Å². The first kappa shape index (κ1) is 23.9. The lowest BCUT2D eigenvalue weighted by Crippen LogP contribution is -2.52. The second-order valence-corrected chi connectivity index (χ2v) is 7.61. The maximum absolute atomic E-state index is 13.9. The minimum absolute atomic E-state index is 0.0795. The highest BCUT2D eigenvalue weighted by Crippen LogP contribution is 2.16. The Balaban J connectivity index is 1.28. The van der Waals surface area contributed by atoms with Crippen LogP contribution in [0.5, 0.6) is 0 Å². The van der Waals surface area contributed by atoms with Crippen LogP contribution in [0.3, 0.4) is 0 Å². The Kier molecular flexibility index (Phi) is 6.75. The third-order valence-electron chi connectivity index (χ3n) is 5.38. The molecule has 3 aromatic rings. The zero-order valence-electron chi connectivity index (χ0n) is 18.0. The fourth-order valence-corrected chi connectivity index (χ4v) is 3.50. The van der Waals surface area contributed by atoms with Gasteiger partial charge in [-0.25, -0.2) is 22.2 Å². The molecule has 0 spiro atoms. The Morgan fingerprint density at radius 1 is 0.886 bits per heavy atom. The molecule has 1 fully saturated rings. The molecule has 35 heavy (non-hydrogen) atoms. The predicted molar refractivity (Wildman–Crippen MR) is 112 cm³/mol. The highest BCUT2D eigenvalue weighted by atomic mass is 19.2. The van der Waals surface area contributed by atoms with Crippen LogP contribution in [0.4, 0.5) is 17.6 Å². The lowest BCUT2D eigenvalue weighted by Gasteiger charge is -2.34. The van der Waals surface area contributed by atoms with Gasteiger partial charge in [0, 0.05) is 31.7 Å². The summed E-state index contributed by atoms with van der Waals surface area (Å²) in [6, 6.07) is 7.04. The van der Waals surface area contributed by atoms with E-state index in [1.165, 1.54) is 34.2 Å². The largest absolute Gasteiger partial charge is 0.342 e. The molecule has 3 amide bonds. The average molecular weight is 490 g/mol. The van der Waals surface area contributed by atoms with Gasteiger partial charge in [-0.3, -0.25) is 14.4 Å². The third kappa shape index (κ3) is 5.13. The molecule has 182 valence electrons. The van der Waals surface area contributed by atoms with Crippen molar-refractivity contribution in [1.82, 2.24) is 30.1 Å². The molecule has 0 atom stereocenters. The van der Waals surface area contributed by atoms with Crippen molar-refractivity contribution >= 4 is 17.7 Å². The maximum atomic E-state index is 13.9. The zero-order valence-corrected chi connectivity index (χ0v) is 18.0. The van der Waals surface area contributed by atoms with E-state index in [1.54, 1.807) is 6.07 Å². The van der Waals surface area contributed by atoms with Crippen molar-refractivity contribution in [1.29, 1.82) is 0 Å². The molecule has 1 N–H and O–H groups in total. The monoisotopic (exact) mass is 490 g/mol. The molecule has 0 unspecified atom stereocenters. The van der Waals surface area contributed by atoms with E-state index in [1.807, 2.05) is 0 Å². The molecule has 9 nitrogen and oxygen atoms in total. The van der Waals surface area contributed by atoms with Gasteiger partial charge < -0.3 is 15.1 Å². The summed E-state index contributed by atoms with van der Waals surface area (Å²) in [5, 5.41) is 9.82. The maximum Gasteiger partial charge on any atom is 0.273 e. The van der Waals surface area contributed by atoms with Crippen LogP contribution in [0.1, 0.15) is 20.8 Å². The predicted octanol–water partition coefficient (Wildman–Crippen LogP) is 1.54. The first-order chi connectivity index (χ1) is 16.7. The van der Waals surface area contributed by atoms with E-state index >= 15 is 0 Å². The van der Waals surface area contributed by atoms with Gasteiger partial charge in [-0.05, 0) is 24.3 Å². The molecular weight excluding hydrogens is 472 g/mol. The van der Waals surface area contributed by atoms with Crippen molar-refractivity contribution < 1.29 is 31.9 Å². The van der Waals surface area contributed by atoms with Gasteiger partial charge in [-0.15, -0.1) is 5.10 Å². The number of hydrogen-bond donors (Lipinski definition) is 1. The standard InChI is InChI=1S/C22H18F4N6O3/c23-14-3-1-2-4-18(14)32-12-17(28-29-32)21(34)27-11-19(33)30-5-7-31(8-6-30)22(35)13-9-15(24)20(26)16(25)10-13/h1-4,9-10,12H,5-8,11H2,(H,27,34). The van der Waals surface area contributed by atoms with Gasteiger partial charge in [0.15, 0.2) is 23.1 Å². The number of amides is 3. The highest BCUT2D eigenvalue weighted by Gasteiger charge is 2.26. The van der Waals surface area contributed by atoms with E-state index in [-0.39, 0.29) is 49.7 Å². The van der Waals surface area contributed by atoms with Gasteiger partial charge in [-0.2, -0.15) is 0 Å². The molecule has 0 saturated carbocycles. The summed E-state index contributed by atoms with van der Waals surface area (Å²) in [5.41, 5.74) is -0.347. The summed E-state index contributed by atoms with van der Waals surface area (Å²) in [6.45, 7) is 0.0477. The second kappa shape index (κ2) is 9.91. The van der Waals surface area contributed by atoms with Crippen LogP contribution in [0.25, 0.3) is 5.69 Å². The van der Waals surface area contributed by atoms with E-state index < -0.39 is 41.0 Å². The molecule has 4 rings (SSSR count). The normalized spacial score (nSPS) is 13.6. The van der Waals surface area contributed by atoms with Gasteiger partial charge >= 0.3 is 0 Å². The van der Waals surface area contributed by atoms with Gasteiger partial charge in [0.1, 0.15) is 11.5 Å². The number of carbonyl (C=O) groups is 3. The Morgan fingerprint density at radius 3 is 2.17 bits per heavy atom. The molecule has 2 aromatic carbocycles. The van der Waals surface area contributed by atoms with E-state index in [0.717, 1.165) is 4.68 Å². The quantitative estimate of drug-likeness (QED) is 0.432. The van der Waals surface area contributed by atoms with Gasteiger partial charge in [0.05, 0.1) is 12.7 Å². The molecule has 0 aliphatic carbocycles. The molecule has 13 heteroatoms. The molecular formula is C22H18F4N6O3. The van der Waals surface area contributed by atoms with E-state index in [0.29, 0.717) is 12.1 Å². The lowest BCUT2D eigenvalue weighted by molar-refractivity contribution is -0.131. The number of nitrogens with one attached hydrogen (secondary N) is 1. The van der Waals surface area contributed by atoms with Crippen molar-refractivity contribution in [2.24, 2.45) is 0 Å². The molecule has 0 bridgehead atoms. The molecule has 2 heterocycles. The van der Waals surface area contributed by atoms with Crippen molar-refractivity contribution in [3.05, 3.63) is 77.1 Å². The summed E-state index contributed by atoms with van der Waals surface area (Å²) in [4.78, 5) is 39.9. The Morgan fingerprint density at radius 2 is 1.51 bits per heavy atom. The topological polar surface area (TPSA) is 100 Å². The second-order valence-electron chi connectivity index (χ2n) is 7.61. The van der Waals surface area contributed by atoms with Crippen LogP contribution in [-0.2, 0) is 4.79 Å². The minimum atomic E-state index is -1.66. The summed E-state index contributed by atoms with van der Waals surface area (Å²) in [5.74, 6) is -6.94.